The lowest BCUT2D eigenvalue weighted by Crippen LogP contribution is -2.37. The van der Waals surface area contributed by atoms with Crippen LogP contribution in [-0.4, -0.2) is 54.9 Å². The third-order valence-electron chi connectivity index (χ3n) is 4.38. The highest BCUT2D eigenvalue weighted by Crippen LogP contribution is 2.14. The topological polar surface area (TPSA) is 63.0 Å². The number of furan rings is 1. The van der Waals surface area contributed by atoms with Crippen molar-refractivity contribution in [2.45, 2.75) is 12.8 Å². The first-order chi connectivity index (χ1) is 12.2. The van der Waals surface area contributed by atoms with Crippen LogP contribution in [0.3, 0.4) is 0 Å². The van der Waals surface area contributed by atoms with Crippen molar-refractivity contribution in [3.8, 4) is 5.75 Å². The molecule has 6 nitrogen and oxygen atoms in total. The second-order valence-electron chi connectivity index (χ2n) is 6.03. The largest absolute Gasteiger partial charge is 0.497 e. The van der Waals surface area contributed by atoms with E-state index in [0.717, 1.165) is 17.7 Å². The molecular formula is C19H22N2O4. The van der Waals surface area contributed by atoms with Gasteiger partial charge in [0, 0.05) is 26.2 Å². The highest BCUT2D eigenvalue weighted by atomic mass is 16.5. The van der Waals surface area contributed by atoms with Gasteiger partial charge in [-0.2, -0.15) is 0 Å². The Bertz CT molecular complexity index is 710. The SMILES string of the molecule is COc1ccc(CC(=O)N2CCCN(C(=O)c3ccco3)CC2)cc1. The predicted molar refractivity (Wildman–Crippen MR) is 92.5 cm³/mol. The van der Waals surface area contributed by atoms with Crippen LogP contribution in [0.1, 0.15) is 22.5 Å². The molecule has 1 saturated heterocycles. The first-order valence-corrected chi connectivity index (χ1v) is 8.41. The number of benzene rings is 1. The van der Waals surface area contributed by atoms with E-state index >= 15 is 0 Å². The molecule has 0 N–H and O–H groups in total. The fourth-order valence-electron chi connectivity index (χ4n) is 2.96. The van der Waals surface area contributed by atoms with Crippen molar-refractivity contribution in [3.05, 3.63) is 54.0 Å². The lowest BCUT2D eigenvalue weighted by Gasteiger charge is -2.21. The molecule has 0 spiro atoms. The van der Waals surface area contributed by atoms with Crippen molar-refractivity contribution in [1.29, 1.82) is 0 Å². The summed E-state index contributed by atoms with van der Waals surface area (Å²) in [6.45, 7) is 2.36. The van der Waals surface area contributed by atoms with Crippen LogP contribution < -0.4 is 4.74 Å². The molecule has 6 heteroatoms. The molecule has 1 aliphatic heterocycles. The molecule has 0 atom stereocenters. The van der Waals surface area contributed by atoms with Gasteiger partial charge < -0.3 is 19.0 Å². The van der Waals surface area contributed by atoms with Crippen LogP contribution >= 0.6 is 0 Å². The van der Waals surface area contributed by atoms with E-state index in [2.05, 4.69) is 0 Å². The summed E-state index contributed by atoms with van der Waals surface area (Å²) < 4.78 is 10.3. The van der Waals surface area contributed by atoms with Crippen LogP contribution in [0.4, 0.5) is 0 Å². The molecule has 0 bridgehead atoms. The van der Waals surface area contributed by atoms with Gasteiger partial charge in [0.1, 0.15) is 5.75 Å². The standard InChI is InChI=1S/C19H22N2O4/c1-24-16-7-5-15(6-8-16)14-18(22)20-9-3-10-21(12-11-20)19(23)17-4-2-13-25-17/h2,4-8,13H,3,9-12,14H2,1H3. The van der Waals surface area contributed by atoms with E-state index in [0.29, 0.717) is 38.4 Å². The molecule has 1 aromatic heterocycles. The molecule has 25 heavy (non-hydrogen) atoms. The molecule has 0 saturated carbocycles. The van der Waals surface area contributed by atoms with E-state index in [1.54, 1.807) is 24.1 Å². The minimum Gasteiger partial charge on any atom is -0.497 e. The van der Waals surface area contributed by atoms with Gasteiger partial charge in [0.25, 0.3) is 5.91 Å². The Morgan fingerprint density at radius 3 is 2.44 bits per heavy atom. The second kappa shape index (κ2) is 7.88. The molecule has 1 aromatic carbocycles. The quantitative estimate of drug-likeness (QED) is 0.855. The summed E-state index contributed by atoms with van der Waals surface area (Å²) in [5.74, 6) is 1.09. The number of hydrogen-bond donors (Lipinski definition) is 0. The monoisotopic (exact) mass is 342 g/mol. The Kier molecular flexibility index (Phi) is 5.38. The van der Waals surface area contributed by atoms with Crippen molar-refractivity contribution in [2.75, 3.05) is 33.3 Å². The highest BCUT2D eigenvalue weighted by molar-refractivity contribution is 5.91. The van der Waals surface area contributed by atoms with E-state index in [-0.39, 0.29) is 11.8 Å². The third-order valence-corrected chi connectivity index (χ3v) is 4.38. The van der Waals surface area contributed by atoms with Crippen LogP contribution in [0.15, 0.2) is 47.1 Å². The smallest absolute Gasteiger partial charge is 0.289 e. The molecule has 2 amide bonds. The van der Waals surface area contributed by atoms with Gasteiger partial charge in [0.15, 0.2) is 5.76 Å². The molecule has 2 heterocycles. The Morgan fingerprint density at radius 2 is 1.76 bits per heavy atom. The van der Waals surface area contributed by atoms with Gasteiger partial charge in [0.2, 0.25) is 5.91 Å². The Morgan fingerprint density at radius 1 is 1.04 bits per heavy atom. The number of ether oxygens (including phenoxy) is 1. The van der Waals surface area contributed by atoms with E-state index in [1.807, 2.05) is 29.2 Å². The number of carbonyl (C=O) groups excluding carboxylic acids is 2. The minimum absolute atomic E-state index is 0.0810. The predicted octanol–water partition coefficient (Wildman–Crippen LogP) is 2.21. The maximum Gasteiger partial charge on any atom is 0.289 e. The molecule has 2 aromatic rings. The molecular weight excluding hydrogens is 320 g/mol. The van der Waals surface area contributed by atoms with Gasteiger partial charge in [-0.1, -0.05) is 12.1 Å². The summed E-state index contributed by atoms with van der Waals surface area (Å²) in [7, 11) is 1.62. The number of rotatable bonds is 4. The van der Waals surface area contributed by atoms with Gasteiger partial charge >= 0.3 is 0 Å². The molecule has 0 radical (unpaired) electrons. The van der Waals surface area contributed by atoms with Gasteiger partial charge in [-0.15, -0.1) is 0 Å². The van der Waals surface area contributed by atoms with Gasteiger partial charge in [-0.25, -0.2) is 0 Å². The van der Waals surface area contributed by atoms with Gasteiger partial charge in [-0.05, 0) is 36.2 Å². The number of carbonyl (C=O) groups is 2. The summed E-state index contributed by atoms with van der Waals surface area (Å²) in [5.41, 5.74) is 0.957. The Balaban J connectivity index is 1.56. The van der Waals surface area contributed by atoms with E-state index in [1.165, 1.54) is 6.26 Å². The van der Waals surface area contributed by atoms with E-state index in [9.17, 15) is 9.59 Å². The average molecular weight is 342 g/mol. The summed E-state index contributed by atoms with van der Waals surface area (Å²) in [5, 5.41) is 0. The zero-order valence-electron chi connectivity index (χ0n) is 14.3. The maximum atomic E-state index is 12.6. The molecule has 0 aliphatic carbocycles. The lowest BCUT2D eigenvalue weighted by atomic mass is 10.1. The molecule has 1 aliphatic rings. The number of nitrogens with zero attached hydrogens (tertiary/aromatic N) is 2. The second-order valence-corrected chi connectivity index (χ2v) is 6.03. The van der Waals surface area contributed by atoms with Gasteiger partial charge in [-0.3, -0.25) is 9.59 Å². The summed E-state index contributed by atoms with van der Waals surface area (Å²) in [6.07, 6.45) is 2.62. The molecule has 3 rings (SSSR count). The highest BCUT2D eigenvalue weighted by Gasteiger charge is 2.24. The minimum atomic E-state index is -0.116. The fourth-order valence-corrected chi connectivity index (χ4v) is 2.96. The number of methoxy groups -OCH3 is 1. The first-order valence-electron chi connectivity index (χ1n) is 8.41. The maximum absolute atomic E-state index is 12.6. The van der Waals surface area contributed by atoms with Crippen LogP contribution in [0, 0.1) is 0 Å². The Hall–Kier alpha value is -2.76. The first kappa shape index (κ1) is 17.1. The third kappa shape index (κ3) is 4.21. The van der Waals surface area contributed by atoms with Crippen molar-refractivity contribution in [3.63, 3.8) is 0 Å². The zero-order valence-corrected chi connectivity index (χ0v) is 14.3. The van der Waals surface area contributed by atoms with E-state index < -0.39 is 0 Å². The molecule has 0 unspecified atom stereocenters. The fraction of sp³-hybridized carbons (Fsp3) is 0.368. The molecule has 132 valence electrons. The van der Waals surface area contributed by atoms with Crippen LogP contribution in [0.5, 0.6) is 5.75 Å². The summed E-state index contributed by atoms with van der Waals surface area (Å²) >= 11 is 0. The van der Waals surface area contributed by atoms with E-state index in [4.69, 9.17) is 9.15 Å². The lowest BCUT2D eigenvalue weighted by molar-refractivity contribution is -0.130. The number of amides is 2. The van der Waals surface area contributed by atoms with Crippen LogP contribution in [0.25, 0.3) is 0 Å². The Labute approximate surface area is 147 Å². The number of hydrogen-bond acceptors (Lipinski definition) is 4. The van der Waals surface area contributed by atoms with Crippen molar-refractivity contribution < 1.29 is 18.7 Å². The molecule has 1 fully saturated rings. The normalized spacial score (nSPS) is 14.9. The summed E-state index contributed by atoms with van der Waals surface area (Å²) in [4.78, 5) is 28.5. The zero-order chi connectivity index (χ0) is 17.6. The van der Waals surface area contributed by atoms with Crippen molar-refractivity contribution in [1.82, 2.24) is 9.80 Å². The van der Waals surface area contributed by atoms with Crippen molar-refractivity contribution in [2.24, 2.45) is 0 Å². The average Bonchev–Trinajstić information content (AvgIpc) is 3.06. The summed E-state index contributed by atoms with van der Waals surface area (Å²) in [6, 6.07) is 10.9. The van der Waals surface area contributed by atoms with Crippen LogP contribution in [0.2, 0.25) is 0 Å². The van der Waals surface area contributed by atoms with Gasteiger partial charge in [0.05, 0.1) is 19.8 Å². The van der Waals surface area contributed by atoms with Crippen LogP contribution in [-0.2, 0) is 11.2 Å². The van der Waals surface area contributed by atoms with Crippen molar-refractivity contribution >= 4 is 11.8 Å².